The second kappa shape index (κ2) is 7.88. The Balaban J connectivity index is 1.52. The molecule has 2 aromatic heterocycles. The molecule has 0 unspecified atom stereocenters. The number of likely N-dealkylation sites (tertiary alicyclic amines) is 1. The van der Waals surface area contributed by atoms with E-state index in [1.165, 1.54) is 24.1 Å². The quantitative estimate of drug-likeness (QED) is 0.490. The molecule has 0 aliphatic carbocycles. The Hall–Kier alpha value is -3.25. The first-order valence-corrected chi connectivity index (χ1v) is 10.2. The molecule has 0 amide bonds. The van der Waals surface area contributed by atoms with Crippen LogP contribution in [-0.4, -0.2) is 26.7 Å². The van der Waals surface area contributed by atoms with E-state index in [4.69, 9.17) is 4.52 Å². The van der Waals surface area contributed by atoms with E-state index in [2.05, 4.69) is 21.1 Å². The fourth-order valence-electron chi connectivity index (χ4n) is 4.35. The lowest BCUT2D eigenvalue weighted by molar-refractivity contribution is 0.139. The van der Waals surface area contributed by atoms with Gasteiger partial charge in [-0.3, -0.25) is 9.88 Å². The minimum Gasteiger partial charge on any atom is -0.507 e. The maximum absolute atomic E-state index is 13.3. The van der Waals surface area contributed by atoms with Crippen molar-refractivity contribution in [3.05, 3.63) is 77.9 Å². The lowest BCUT2D eigenvalue weighted by atomic mass is 9.95. The third kappa shape index (κ3) is 3.44. The van der Waals surface area contributed by atoms with Gasteiger partial charge in [0.25, 0.3) is 0 Å². The van der Waals surface area contributed by atoms with Crippen molar-refractivity contribution in [1.82, 2.24) is 15.0 Å². The number of aromatic nitrogens is 2. The molecule has 3 heterocycles. The third-order valence-electron chi connectivity index (χ3n) is 5.88. The molecule has 2 aromatic carbocycles. The van der Waals surface area contributed by atoms with Crippen LogP contribution in [0.1, 0.15) is 36.4 Å². The van der Waals surface area contributed by atoms with E-state index in [1.54, 1.807) is 30.5 Å². The molecule has 1 fully saturated rings. The van der Waals surface area contributed by atoms with Crippen molar-refractivity contribution in [2.24, 2.45) is 0 Å². The van der Waals surface area contributed by atoms with Gasteiger partial charge in [0.05, 0.1) is 10.9 Å². The molecule has 4 aromatic rings. The van der Waals surface area contributed by atoms with Crippen LogP contribution in [0.4, 0.5) is 4.39 Å². The first-order valence-electron chi connectivity index (χ1n) is 10.2. The number of aromatic hydroxyl groups is 1. The number of piperidine rings is 1. The molecular weight excluding hydrogens is 381 g/mol. The summed E-state index contributed by atoms with van der Waals surface area (Å²) in [5, 5.41) is 15.7. The Labute approximate surface area is 173 Å². The Bertz CT molecular complexity index is 1160. The minimum absolute atomic E-state index is 0.194. The highest BCUT2D eigenvalue weighted by molar-refractivity contribution is 5.94. The van der Waals surface area contributed by atoms with Crippen molar-refractivity contribution in [3.63, 3.8) is 0 Å². The summed E-state index contributed by atoms with van der Waals surface area (Å²) in [6.45, 7) is 1.50. The van der Waals surface area contributed by atoms with E-state index in [0.29, 0.717) is 17.8 Å². The van der Waals surface area contributed by atoms with Gasteiger partial charge in [-0.1, -0.05) is 17.6 Å². The summed E-state index contributed by atoms with van der Waals surface area (Å²) >= 11 is 0. The fourth-order valence-corrected chi connectivity index (χ4v) is 4.35. The van der Waals surface area contributed by atoms with Crippen LogP contribution >= 0.6 is 0 Å². The molecule has 30 heavy (non-hydrogen) atoms. The predicted octanol–water partition coefficient (Wildman–Crippen LogP) is 5.46. The van der Waals surface area contributed by atoms with Gasteiger partial charge in [0.15, 0.2) is 5.58 Å². The number of phenolic OH excluding ortho intramolecular Hbond substituents is 1. The van der Waals surface area contributed by atoms with Gasteiger partial charge in [0, 0.05) is 30.5 Å². The summed E-state index contributed by atoms with van der Waals surface area (Å²) in [7, 11) is 0. The molecule has 1 saturated heterocycles. The summed E-state index contributed by atoms with van der Waals surface area (Å²) in [6.07, 6.45) is 7.05. The summed E-state index contributed by atoms with van der Waals surface area (Å²) in [5.41, 5.74) is 3.91. The topological polar surface area (TPSA) is 62.4 Å². The van der Waals surface area contributed by atoms with Gasteiger partial charge < -0.3 is 9.63 Å². The van der Waals surface area contributed by atoms with Crippen LogP contribution in [0.15, 0.2) is 65.4 Å². The predicted molar refractivity (Wildman–Crippen MR) is 112 cm³/mol. The molecule has 1 atom stereocenters. The van der Waals surface area contributed by atoms with Gasteiger partial charge in [-0.15, -0.1) is 0 Å². The van der Waals surface area contributed by atoms with Crippen LogP contribution in [0.2, 0.25) is 0 Å². The van der Waals surface area contributed by atoms with Gasteiger partial charge in [0.1, 0.15) is 17.3 Å². The van der Waals surface area contributed by atoms with Gasteiger partial charge in [-0.25, -0.2) is 4.39 Å². The number of rotatable bonds is 4. The minimum atomic E-state index is -0.295. The Kier molecular flexibility index (Phi) is 4.93. The third-order valence-corrected chi connectivity index (χ3v) is 5.88. The SMILES string of the molecule is Oc1ccc2c(-c3ccc(F)cc3)noc2c1CN1CCCC[C@H]1c1cccnc1. The van der Waals surface area contributed by atoms with Crippen molar-refractivity contribution in [3.8, 4) is 17.0 Å². The molecule has 0 saturated carbocycles. The summed E-state index contributed by atoms with van der Waals surface area (Å²) < 4.78 is 19.0. The monoisotopic (exact) mass is 403 g/mol. The zero-order chi connectivity index (χ0) is 20.5. The zero-order valence-corrected chi connectivity index (χ0v) is 16.5. The largest absolute Gasteiger partial charge is 0.507 e. The van der Waals surface area contributed by atoms with Crippen LogP contribution < -0.4 is 0 Å². The molecular formula is C24H22FN3O2. The fraction of sp³-hybridized carbons (Fsp3) is 0.250. The number of benzene rings is 2. The number of phenols is 1. The van der Waals surface area contributed by atoms with Gasteiger partial charge in [-0.05, 0) is 67.4 Å². The van der Waals surface area contributed by atoms with E-state index >= 15 is 0 Å². The molecule has 1 aliphatic rings. The van der Waals surface area contributed by atoms with Crippen molar-refractivity contribution in [2.75, 3.05) is 6.54 Å². The van der Waals surface area contributed by atoms with Crippen molar-refractivity contribution in [1.29, 1.82) is 0 Å². The number of fused-ring (bicyclic) bond motifs is 1. The van der Waals surface area contributed by atoms with Gasteiger partial charge in [-0.2, -0.15) is 0 Å². The lowest BCUT2D eigenvalue weighted by Gasteiger charge is -2.36. The van der Waals surface area contributed by atoms with E-state index < -0.39 is 0 Å². The van der Waals surface area contributed by atoms with Crippen molar-refractivity contribution < 1.29 is 14.0 Å². The number of halogens is 1. The van der Waals surface area contributed by atoms with Crippen molar-refractivity contribution >= 4 is 11.0 Å². The standard InChI is InChI=1S/C24H22FN3O2/c25-18-8-6-16(7-9-18)23-19-10-11-22(29)20(24(19)30-27-23)15-28-13-2-1-5-21(28)17-4-3-12-26-14-17/h3-4,6-12,14,21,29H,1-2,5,13,15H2/t21-/m0/s1. The molecule has 0 bridgehead atoms. The number of hydrogen-bond donors (Lipinski definition) is 1. The zero-order valence-electron chi connectivity index (χ0n) is 16.5. The van der Waals surface area contributed by atoms with Gasteiger partial charge >= 0.3 is 0 Å². The Morgan fingerprint density at radius 2 is 1.97 bits per heavy atom. The number of nitrogens with zero attached hydrogens (tertiary/aromatic N) is 3. The van der Waals surface area contributed by atoms with E-state index in [1.807, 2.05) is 12.3 Å². The maximum atomic E-state index is 13.3. The van der Waals surface area contributed by atoms with Gasteiger partial charge in [0.2, 0.25) is 0 Å². The molecule has 5 nitrogen and oxygen atoms in total. The average Bonchev–Trinajstić information content (AvgIpc) is 3.21. The van der Waals surface area contributed by atoms with E-state index in [9.17, 15) is 9.50 Å². The lowest BCUT2D eigenvalue weighted by Crippen LogP contribution is -2.33. The van der Waals surface area contributed by atoms with Crippen LogP contribution in [0, 0.1) is 5.82 Å². The smallest absolute Gasteiger partial charge is 0.175 e. The molecule has 5 rings (SSSR count). The normalized spacial score (nSPS) is 17.4. The summed E-state index contributed by atoms with van der Waals surface area (Å²) in [5.74, 6) is -0.101. The highest BCUT2D eigenvalue weighted by Gasteiger charge is 2.27. The molecule has 6 heteroatoms. The van der Waals surface area contributed by atoms with Crippen LogP contribution in [0.25, 0.3) is 22.2 Å². The van der Waals surface area contributed by atoms with Crippen molar-refractivity contribution in [2.45, 2.75) is 31.8 Å². The first-order chi connectivity index (χ1) is 14.7. The molecule has 0 spiro atoms. The average molecular weight is 403 g/mol. The maximum Gasteiger partial charge on any atom is 0.175 e. The van der Waals surface area contributed by atoms with E-state index in [0.717, 1.165) is 35.9 Å². The second-order valence-electron chi connectivity index (χ2n) is 7.75. The highest BCUT2D eigenvalue weighted by Crippen LogP contribution is 2.38. The Morgan fingerprint density at radius 1 is 1.10 bits per heavy atom. The van der Waals surface area contributed by atoms with Crippen LogP contribution in [-0.2, 0) is 6.54 Å². The number of pyridine rings is 1. The van der Waals surface area contributed by atoms with Crippen LogP contribution in [0.5, 0.6) is 5.75 Å². The summed E-state index contributed by atoms with van der Waals surface area (Å²) in [6, 6.07) is 14.0. The van der Waals surface area contributed by atoms with E-state index in [-0.39, 0.29) is 17.6 Å². The highest BCUT2D eigenvalue weighted by atomic mass is 19.1. The number of hydrogen-bond acceptors (Lipinski definition) is 5. The molecule has 152 valence electrons. The first kappa shape index (κ1) is 18.8. The molecule has 1 aliphatic heterocycles. The summed E-state index contributed by atoms with van der Waals surface area (Å²) in [4.78, 5) is 6.65. The second-order valence-corrected chi connectivity index (χ2v) is 7.75. The molecule has 1 N–H and O–H groups in total. The van der Waals surface area contributed by atoms with Crippen LogP contribution in [0.3, 0.4) is 0 Å². The molecule has 0 radical (unpaired) electrons. The Morgan fingerprint density at radius 3 is 2.77 bits per heavy atom.